The van der Waals surface area contributed by atoms with Gasteiger partial charge in [-0.25, -0.2) is 0 Å². The van der Waals surface area contributed by atoms with Crippen LogP contribution in [0.3, 0.4) is 0 Å². The Morgan fingerprint density at radius 2 is 2.33 bits per heavy atom. The Kier molecular flexibility index (Phi) is 1.63. The van der Waals surface area contributed by atoms with Gasteiger partial charge in [0, 0.05) is 11.6 Å². The zero-order chi connectivity index (χ0) is 8.39. The van der Waals surface area contributed by atoms with Gasteiger partial charge in [-0.15, -0.1) is 0 Å². The quantitative estimate of drug-likeness (QED) is 0.615. The van der Waals surface area contributed by atoms with Crippen LogP contribution in [-0.2, 0) is 0 Å². The highest BCUT2D eigenvalue weighted by molar-refractivity contribution is 5.80. The van der Waals surface area contributed by atoms with Crippen molar-refractivity contribution in [2.24, 2.45) is 0 Å². The second-order valence-corrected chi connectivity index (χ2v) is 2.57. The molecule has 0 aliphatic heterocycles. The molecule has 0 N–H and O–H groups in total. The van der Waals surface area contributed by atoms with E-state index in [1.54, 1.807) is 6.20 Å². The molecule has 12 heavy (non-hydrogen) atoms. The first kappa shape index (κ1) is 7.04. The normalized spacial score (nSPS) is 10.0. The first-order chi connectivity index (χ1) is 5.90. The highest BCUT2D eigenvalue weighted by Crippen LogP contribution is 2.12. The van der Waals surface area contributed by atoms with Gasteiger partial charge in [0.25, 0.3) is 0 Å². The van der Waals surface area contributed by atoms with E-state index in [1.807, 2.05) is 30.3 Å². The maximum absolute atomic E-state index is 4.19. The Bertz CT molecular complexity index is 418. The minimum atomic E-state index is 0.975. The molecule has 0 bridgehead atoms. The number of hydrogen-bond donors (Lipinski definition) is 0. The fraction of sp³-hybridized carbons (Fsp3) is 0. The van der Waals surface area contributed by atoms with Crippen molar-refractivity contribution in [3.05, 3.63) is 48.7 Å². The fourth-order valence-corrected chi connectivity index (χ4v) is 1.15. The van der Waals surface area contributed by atoms with Gasteiger partial charge in [-0.3, -0.25) is 4.98 Å². The Morgan fingerprint density at radius 1 is 1.42 bits per heavy atom. The van der Waals surface area contributed by atoms with E-state index in [2.05, 4.69) is 17.6 Å². The summed E-state index contributed by atoms with van der Waals surface area (Å²) < 4.78 is 0. The molecule has 0 aliphatic carbocycles. The van der Waals surface area contributed by atoms with E-state index >= 15 is 0 Å². The summed E-state index contributed by atoms with van der Waals surface area (Å²) in [5, 5.41) is 1.04. The molecule has 1 nitrogen and oxygen atoms in total. The summed E-state index contributed by atoms with van der Waals surface area (Å²) in [7, 11) is 0. The molecule has 2 rings (SSSR count). The summed E-state index contributed by atoms with van der Waals surface area (Å²) in [5.74, 6) is 0. The number of pyridine rings is 1. The highest BCUT2D eigenvalue weighted by atomic mass is 14.6. The lowest BCUT2D eigenvalue weighted by molar-refractivity contribution is 1.41. The number of rotatable bonds is 1. The molecule has 0 saturated carbocycles. The summed E-state index contributed by atoms with van der Waals surface area (Å²) in [5.41, 5.74) is 2.08. The van der Waals surface area contributed by atoms with E-state index in [-0.39, 0.29) is 0 Å². The van der Waals surface area contributed by atoms with Crippen LogP contribution in [0.2, 0.25) is 0 Å². The predicted molar refractivity (Wildman–Crippen MR) is 50.7 cm³/mol. The van der Waals surface area contributed by atoms with Crippen molar-refractivity contribution in [3.63, 3.8) is 0 Å². The zero-order valence-electron chi connectivity index (χ0n) is 6.62. The standard InChI is InChI=1S/C11H8N/c1-2-9-5-6-11-10(8-9)4-3-7-12-11/h2-3,5-8H,1H2. The van der Waals surface area contributed by atoms with Crippen LogP contribution < -0.4 is 0 Å². The number of nitrogens with zero attached hydrogens (tertiary/aromatic N) is 1. The first-order valence-electron chi connectivity index (χ1n) is 3.79. The van der Waals surface area contributed by atoms with Gasteiger partial charge in [0.15, 0.2) is 0 Å². The molecule has 0 spiro atoms. The Morgan fingerprint density at radius 3 is 3.17 bits per heavy atom. The van der Waals surface area contributed by atoms with Crippen molar-refractivity contribution in [3.8, 4) is 0 Å². The molecule has 1 heteroatoms. The molecule has 2 aromatic rings. The monoisotopic (exact) mass is 154 g/mol. The largest absolute Gasteiger partial charge is 0.256 e. The minimum Gasteiger partial charge on any atom is -0.256 e. The predicted octanol–water partition coefficient (Wildman–Crippen LogP) is 2.68. The molecule has 0 amide bonds. The minimum absolute atomic E-state index is 0.975. The van der Waals surface area contributed by atoms with E-state index in [0.29, 0.717) is 0 Å². The van der Waals surface area contributed by atoms with E-state index in [9.17, 15) is 0 Å². The summed E-state index contributed by atoms with van der Waals surface area (Å²) in [6.45, 7) is 3.70. The van der Waals surface area contributed by atoms with Gasteiger partial charge in [0.05, 0.1) is 5.52 Å². The van der Waals surface area contributed by atoms with E-state index in [0.717, 1.165) is 16.5 Å². The molecule has 57 valence electrons. The molecule has 0 unspecified atom stereocenters. The summed E-state index contributed by atoms with van der Waals surface area (Å²) in [6.07, 6.45) is 3.57. The van der Waals surface area contributed by atoms with Gasteiger partial charge in [0.2, 0.25) is 0 Å². The Balaban J connectivity index is 2.75. The van der Waals surface area contributed by atoms with E-state index in [4.69, 9.17) is 0 Å². The van der Waals surface area contributed by atoms with Crippen LogP contribution in [0.15, 0.2) is 37.0 Å². The molecule has 0 fully saturated rings. The fourth-order valence-electron chi connectivity index (χ4n) is 1.15. The van der Waals surface area contributed by atoms with Crippen molar-refractivity contribution in [2.45, 2.75) is 0 Å². The number of fused-ring (bicyclic) bond motifs is 1. The van der Waals surface area contributed by atoms with Crippen LogP contribution in [0, 0.1) is 6.07 Å². The zero-order valence-corrected chi connectivity index (χ0v) is 6.62. The van der Waals surface area contributed by atoms with Crippen LogP contribution in [0.5, 0.6) is 0 Å². The van der Waals surface area contributed by atoms with E-state index < -0.39 is 0 Å². The molecule has 0 saturated heterocycles. The summed E-state index contributed by atoms with van der Waals surface area (Å²) in [4.78, 5) is 4.19. The lowest BCUT2D eigenvalue weighted by Gasteiger charge is -1.96. The first-order valence-corrected chi connectivity index (χ1v) is 3.79. The lowest BCUT2D eigenvalue weighted by Crippen LogP contribution is -1.78. The van der Waals surface area contributed by atoms with Crippen molar-refractivity contribution in [1.82, 2.24) is 4.98 Å². The molecule has 1 aromatic heterocycles. The Hall–Kier alpha value is -1.63. The van der Waals surface area contributed by atoms with Gasteiger partial charge in [-0.2, -0.15) is 0 Å². The van der Waals surface area contributed by atoms with Crippen LogP contribution in [0.25, 0.3) is 17.0 Å². The smallest absolute Gasteiger partial charge is 0.0708 e. The third kappa shape index (κ3) is 1.10. The lowest BCUT2D eigenvalue weighted by atomic mass is 10.1. The SMILES string of the molecule is C=Cc1ccc2ncc[c]c2c1. The van der Waals surface area contributed by atoms with Crippen molar-refractivity contribution in [2.75, 3.05) is 0 Å². The third-order valence-electron chi connectivity index (χ3n) is 1.78. The second-order valence-electron chi connectivity index (χ2n) is 2.57. The van der Waals surface area contributed by atoms with Gasteiger partial charge in [0.1, 0.15) is 0 Å². The molecule has 1 heterocycles. The van der Waals surface area contributed by atoms with Gasteiger partial charge >= 0.3 is 0 Å². The van der Waals surface area contributed by atoms with Gasteiger partial charge in [-0.05, 0) is 29.8 Å². The number of hydrogen-bond acceptors (Lipinski definition) is 1. The molecular formula is C11H8N. The maximum Gasteiger partial charge on any atom is 0.0708 e. The van der Waals surface area contributed by atoms with Crippen LogP contribution in [0.1, 0.15) is 5.56 Å². The van der Waals surface area contributed by atoms with Crippen LogP contribution >= 0.6 is 0 Å². The van der Waals surface area contributed by atoms with Crippen molar-refractivity contribution >= 4 is 17.0 Å². The van der Waals surface area contributed by atoms with E-state index in [1.165, 1.54) is 0 Å². The third-order valence-corrected chi connectivity index (χ3v) is 1.78. The van der Waals surface area contributed by atoms with Crippen molar-refractivity contribution in [1.29, 1.82) is 0 Å². The van der Waals surface area contributed by atoms with Gasteiger partial charge < -0.3 is 0 Å². The summed E-state index contributed by atoms with van der Waals surface area (Å²) in [6, 6.07) is 10.9. The molecule has 1 radical (unpaired) electrons. The average molecular weight is 154 g/mol. The second kappa shape index (κ2) is 2.78. The van der Waals surface area contributed by atoms with Crippen LogP contribution in [-0.4, -0.2) is 4.98 Å². The maximum atomic E-state index is 4.19. The van der Waals surface area contributed by atoms with Crippen LogP contribution in [0.4, 0.5) is 0 Å². The number of benzene rings is 1. The summed E-state index contributed by atoms with van der Waals surface area (Å²) >= 11 is 0. The molecule has 0 atom stereocenters. The average Bonchev–Trinajstić information content (AvgIpc) is 2.17. The molecule has 0 aliphatic rings. The highest BCUT2D eigenvalue weighted by Gasteiger charge is 1.92. The van der Waals surface area contributed by atoms with Crippen molar-refractivity contribution < 1.29 is 0 Å². The topological polar surface area (TPSA) is 12.9 Å². The molecule has 1 aromatic carbocycles. The molecular weight excluding hydrogens is 146 g/mol. The number of aromatic nitrogens is 1. The Labute approximate surface area is 71.4 Å². The van der Waals surface area contributed by atoms with Gasteiger partial charge in [-0.1, -0.05) is 18.7 Å².